The van der Waals surface area contributed by atoms with Gasteiger partial charge in [-0.1, -0.05) is 19.1 Å². The molecule has 0 aliphatic heterocycles. The lowest BCUT2D eigenvalue weighted by molar-refractivity contribution is -0.144. The molecule has 7 nitrogen and oxygen atoms in total. The summed E-state index contributed by atoms with van der Waals surface area (Å²) in [6, 6.07) is 9.41. The lowest BCUT2D eigenvalue weighted by atomic mass is 10.1. The summed E-state index contributed by atoms with van der Waals surface area (Å²) in [6.45, 7) is 1.99. The molecule has 132 valence electrons. The molecule has 0 atom stereocenters. The van der Waals surface area contributed by atoms with Crippen LogP contribution in [0.25, 0.3) is 22.6 Å². The quantitative estimate of drug-likeness (QED) is 0.486. The number of esters is 1. The van der Waals surface area contributed by atoms with Gasteiger partial charge in [-0.2, -0.15) is 0 Å². The van der Waals surface area contributed by atoms with Crippen molar-refractivity contribution in [2.45, 2.75) is 26.4 Å². The molecule has 0 bridgehead atoms. The molecule has 0 saturated heterocycles. The Morgan fingerprint density at radius 3 is 2.92 bits per heavy atom. The van der Waals surface area contributed by atoms with Crippen LogP contribution in [0.3, 0.4) is 0 Å². The van der Waals surface area contributed by atoms with E-state index in [2.05, 4.69) is 17.1 Å². The van der Waals surface area contributed by atoms with E-state index in [0.717, 1.165) is 23.0 Å². The van der Waals surface area contributed by atoms with Gasteiger partial charge in [-0.25, -0.2) is 0 Å². The summed E-state index contributed by atoms with van der Waals surface area (Å²) in [5.41, 5.74) is 2.74. The number of rotatable bonds is 6. The van der Waals surface area contributed by atoms with Gasteiger partial charge >= 0.3 is 5.97 Å². The summed E-state index contributed by atoms with van der Waals surface area (Å²) in [6.07, 6.45) is 4.14. The molecule has 0 aliphatic carbocycles. The number of hydrogen-bond acceptors (Lipinski definition) is 7. The van der Waals surface area contributed by atoms with Gasteiger partial charge in [0.05, 0.1) is 18.9 Å². The lowest BCUT2D eigenvalue weighted by Gasteiger charge is -2.01. The van der Waals surface area contributed by atoms with Crippen LogP contribution in [0.2, 0.25) is 0 Å². The number of fused-ring (bicyclic) bond motifs is 1. The molecule has 3 heterocycles. The standard InChI is InChI=1S/C19H16N2O5/c1-2-12-5-6-14-13(10-24-16(14)8-12)9-18(22)25-11-17-20-21-19(26-17)15-4-3-7-23-15/h3-8,10H,2,9,11H2,1H3. The third kappa shape index (κ3) is 3.23. The van der Waals surface area contributed by atoms with Gasteiger partial charge in [0.25, 0.3) is 11.8 Å². The van der Waals surface area contributed by atoms with E-state index in [4.69, 9.17) is 18.0 Å². The minimum atomic E-state index is -0.398. The van der Waals surface area contributed by atoms with Gasteiger partial charge in [-0.15, -0.1) is 10.2 Å². The Kier molecular flexibility index (Phi) is 4.27. The zero-order valence-electron chi connectivity index (χ0n) is 14.1. The van der Waals surface area contributed by atoms with Crippen molar-refractivity contribution < 1.29 is 22.8 Å². The normalized spacial score (nSPS) is 11.1. The molecule has 0 N–H and O–H groups in total. The Morgan fingerprint density at radius 1 is 1.19 bits per heavy atom. The van der Waals surface area contributed by atoms with Crippen molar-refractivity contribution in [3.8, 4) is 11.7 Å². The van der Waals surface area contributed by atoms with Crippen LogP contribution in [-0.4, -0.2) is 16.2 Å². The Balaban J connectivity index is 1.38. The molecule has 0 spiro atoms. The highest BCUT2D eigenvalue weighted by Crippen LogP contribution is 2.24. The first-order valence-electron chi connectivity index (χ1n) is 8.24. The van der Waals surface area contributed by atoms with Gasteiger partial charge in [0.1, 0.15) is 5.58 Å². The predicted octanol–water partition coefficient (Wildman–Crippen LogP) is 3.92. The van der Waals surface area contributed by atoms with Crippen molar-refractivity contribution in [3.05, 3.63) is 59.9 Å². The van der Waals surface area contributed by atoms with Crippen LogP contribution < -0.4 is 0 Å². The lowest BCUT2D eigenvalue weighted by Crippen LogP contribution is -2.07. The predicted molar refractivity (Wildman–Crippen MR) is 91.1 cm³/mol. The fraction of sp³-hybridized carbons (Fsp3) is 0.211. The number of ether oxygens (including phenoxy) is 1. The number of nitrogens with zero attached hydrogens (tertiary/aromatic N) is 2. The van der Waals surface area contributed by atoms with Crippen LogP contribution in [0.5, 0.6) is 0 Å². The average molecular weight is 352 g/mol. The Morgan fingerprint density at radius 2 is 2.12 bits per heavy atom. The molecule has 26 heavy (non-hydrogen) atoms. The Hall–Kier alpha value is -3.35. The minimum Gasteiger partial charge on any atom is -0.464 e. The zero-order chi connectivity index (χ0) is 17.9. The van der Waals surface area contributed by atoms with Crippen LogP contribution in [-0.2, 0) is 29.0 Å². The number of benzene rings is 1. The molecule has 7 heteroatoms. The SMILES string of the molecule is CCc1ccc2c(CC(=O)OCc3nnc(-c4ccco4)o3)coc2c1. The highest BCUT2D eigenvalue weighted by molar-refractivity contribution is 5.86. The number of hydrogen-bond donors (Lipinski definition) is 0. The molecule has 4 rings (SSSR count). The van der Waals surface area contributed by atoms with Crippen molar-refractivity contribution in [1.29, 1.82) is 0 Å². The average Bonchev–Trinajstić information content (AvgIpc) is 3.40. The van der Waals surface area contributed by atoms with Gasteiger partial charge in [0.15, 0.2) is 12.4 Å². The molecule has 0 aliphatic rings. The number of carbonyl (C=O) groups excluding carboxylic acids is 1. The summed E-state index contributed by atoms with van der Waals surface area (Å²) in [4.78, 5) is 12.1. The number of aryl methyl sites for hydroxylation is 1. The fourth-order valence-corrected chi connectivity index (χ4v) is 2.64. The van der Waals surface area contributed by atoms with Gasteiger partial charge in [-0.3, -0.25) is 4.79 Å². The van der Waals surface area contributed by atoms with Crippen molar-refractivity contribution >= 4 is 16.9 Å². The van der Waals surface area contributed by atoms with E-state index in [-0.39, 0.29) is 24.8 Å². The van der Waals surface area contributed by atoms with Gasteiger partial charge in [-0.05, 0) is 30.2 Å². The second kappa shape index (κ2) is 6.87. The fourth-order valence-electron chi connectivity index (χ4n) is 2.64. The van der Waals surface area contributed by atoms with Crippen molar-refractivity contribution in [1.82, 2.24) is 10.2 Å². The zero-order valence-corrected chi connectivity index (χ0v) is 14.1. The van der Waals surface area contributed by atoms with Crippen LogP contribution in [0, 0.1) is 0 Å². The first-order valence-corrected chi connectivity index (χ1v) is 8.24. The van der Waals surface area contributed by atoms with E-state index in [1.165, 1.54) is 11.8 Å². The maximum atomic E-state index is 12.1. The van der Waals surface area contributed by atoms with E-state index >= 15 is 0 Å². The van der Waals surface area contributed by atoms with Crippen molar-refractivity contribution in [3.63, 3.8) is 0 Å². The molecular weight excluding hydrogens is 336 g/mol. The van der Waals surface area contributed by atoms with Gasteiger partial charge < -0.3 is 18.0 Å². The molecule has 4 aromatic rings. The minimum absolute atomic E-state index is 0.0949. The van der Waals surface area contributed by atoms with E-state index in [0.29, 0.717) is 5.76 Å². The summed E-state index contributed by atoms with van der Waals surface area (Å²) >= 11 is 0. The Labute approximate surface area is 148 Å². The topological polar surface area (TPSA) is 91.5 Å². The number of furan rings is 2. The highest BCUT2D eigenvalue weighted by Gasteiger charge is 2.15. The maximum Gasteiger partial charge on any atom is 0.310 e. The van der Waals surface area contributed by atoms with Crippen LogP contribution in [0.15, 0.2) is 56.1 Å². The first kappa shape index (κ1) is 16.1. The van der Waals surface area contributed by atoms with E-state index < -0.39 is 5.97 Å². The molecule has 0 saturated carbocycles. The van der Waals surface area contributed by atoms with Crippen molar-refractivity contribution in [2.24, 2.45) is 0 Å². The van der Waals surface area contributed by atoms with Gasteiger partial charge in [0, 0.05) is 10.9 Å². The van der Waals surface area contributed by atoms with E-state index in [1.54, 1.807) is 18.4 Å². The monoisotopic (exact) mass is 352 g/mol. The third-order valence-electron chi connectivity index (χ3n) is 4.02. The number of aromatic nitrogens is 2. The maximum absolute atomic E-state index is 12.1. The van der Waals surface area contributed by atoms with Crippen LogP contribution >= 0.6 is 0 Å². The Bertz CT molecular complexity index is 1030. The second-order valence-electron chi connectivity index (χ2n) is 5.76. The molecule has 1 aromatic carbocycles. The smallest absolute Gasteiger partial charge is 0.310 e. The van der Waals surface area contributed by atoms with Crippen LogP contribution in [0.4, 0.5) is 0 Å². The largest absolute Gasteiger partial charge is 0.464 e. The summed E-state index contributed by atoms with van der Waals surface area (Å²) in [5, 5.41) is 8.60. The molecule has 3 aromatic heterocycles. The second-order valence-corrected chi connectivity index (χ2v) is 5.76. The molecule has 0 fully saturated rings. The molecular formula is C19H16N2O5. The van der Waals surface area contributed by atoms with E-state index in [9.17, 15) is 4.79 Å². The highest BCUT2D eigenvalue weighted by atomic mass is 16.5. The first-order chi connectivity index (χ1) is 12.7. The summed E-state index contributed by atoms with van der Waals surface area (Å²) in [5.74, 6) is 0.513. The van der Waals surface area contributed by atoms with E-state index in [1.807, 2.05) is 18.2 Å². The summed E-state index contributed by atoms with van der Waals surface area (Å²) < 4.78 is 21.3. The third-order valence-corrected chi connectivity index (χ3v) is 4.02. The van der Waals surface area contributed by atoms with Crippen molar-refractivity contribution in [2.75, 3.05) is 0 Å². The molecule has 0 unspecified atom stereocenters. The summed E-state index contributed by atoms with van der Waals surface area (Å²) in [7, 11) is 0. The van der Waals surface area contributed by atoms with Crippen LogP contribution in [0.1, 0.15) is 23.9 Å². The number of carbonyl (C=O) groups is 1. The van der Waals surface area contributed by atoms with Gasteiger partial charge in [0.2, 0.25) is 0 Å². The molecule has 0 radical (unpaired) electrons. The molecule has 0 amide bonds.